The maximum Gasteiger partial charge on any atom is 0.405 e. The largest absolute Gasteiger partial charge is 0.405 e. The van der Waals surface area contributed by atoms with Gasteiger partial charge in [0.15, 0.2) is 0 Å². The second-order valence-corrected chi connectivity index (χ2v) is 9.23. The number of amides is 1. The zero-order valence-corrected chi connectivity index (χ0v) is 17.5. The molecule has 1 aromatic heterocycles. The van der Waals surface area contributed by atoms with Gasteiger partial charge in [0.05, 0.1) is 11.9 Å². The summed E-state index contributed by atoms with van der Waals surface area (Å²) >= 11 is 3.24. The van der Waals surface area contributed by atoms with Gasteiger partial charge in [0.2, 0.25) is 5.91 Å². The molecule has 28 heavy (non-hydrogen) atoms. The molecule has 1 aromatic rings. The summed E-state index contributed by atoms with van der Waals surface area (Å²) in [6.45, 7) is 4.81. The van der Waals surface area contributed by atoms with Gasteiger partial charge in [-0.1, -0.05) is 20.8 Å². The first-order valence-corrected chi connectivity index (χ1v) is 10.0. The van der Waals surface area contributed by atoms with Crippen LogP contribution < -0.4 is 16.2 Å². The van der Waals surface area contributed by atoms with Crippen molar-refractivity contribution in [2.75, 3.05) is 11.9 Å². The van der Waals surface area contributed by atoms with Crippen molar-refractivity contribution >= 4 is 27.5 Å². The molecule has 3 fully saturated rings. The number of hydrogen-bond donors (Lipinski definition) is 2. The van der Waals surface area contributed by atoms with Crippen LogP contribution in [0.3, 0.4) is 0 Å². The highest BCUT2D eigenvalue weighted by Gasteiger charge is 2.56. The van der Waals surface area contributed by atoms with E-state index >= 15 is 0 Å². The van der Waals surface area contributed by atoms with Crippen molar-refractivity contribution in [1.29, 1.82) is 0 Å². The van der Waals surface area contributed by atoms with Crippen LogP contribution in [-0.4, -0.2) is 34.5 Å². The fraction of sp³-hybridized carbons (Fsp3) is 0.722. The van der Waals surface area contributed by atoms with Crippen LogP contribution in [0.4, 0.5) is 18.9 Å². The summed E-state index contributed by atoms with van der Waals surface area (Å²) in [5, 5.41) is 9.06. The van der Waals surface area contributed by atoms with Crippen molar-refractivity contribution in [3.63, 3.8) is 0 Å². The van der Waals surface area contributed by atoms with E-state index in [1.807, 2.05) is 0 Å². The van der Waals surface area contributed by atoms with Gasteiger partial charge in [-0.05, 0) is 51.9 Å². The molecule has 1 heterocycles. The van der Waals surface area contributed by atoms with E-state index in [1.165, 1.54) is 12.6 Å². The zero-order valence-electron chi connectivity index (χ0n) is 15.9. The topological polar surface area (TPSA) is 76.0 Å². The fourth-order valence-electron chi connectivity index (χ4n) is 4.61. The molecule has 4 atom stereocenters. The van der Waals surface area contributed by atoms with Crippen LogP contribution >= 0.6 is 15.9 Å². The minimum atomic E-state index is -4.51. The molecule has 4 rings (SSSR count). The van der Waals surface area contributed by atoms with E-state index in [0.717, 1.165) is 11.1 Å². The molecule has 3 saturated carbocycles. The molecule has 0 aliphatic heterocycles. The number of aromatic nitrogens is 2. The summed E-state index contributed by atoms with van der Waals surface area (Å²) in [5.41, 5.74) is 0.314. The predicted octanol–water partition coefficient (Wildman–Crippen LogP) is 3.17. The Morgan fingerprint density at radius 1 is 1.39 bits per heavy atom. The summed E-state index contributed by atoms with van der Waals surface area (Å²) in [5.74, 6) is 0.800. The number of nitrogens with one attached hydrogen (secondary N) is 2. The van der Waals surface area contributed by atoms with Gasteiger partial charge in [-0.2, -0.15) is 18.3 Å². The lowest BCUT2D eigenvalue weighted by molar-refractivity contribution is -0.138. The molecule has 2 N–H and O–H groups in total. The molecule has 10 heteroatoms. The highest BCUT2D eigenvalue weighted by Crippen LogP contribution is 2.61. The van der Waals surface area contributed by atoms with E-state index in [2.05, 4.69) is 47.1 Å². The quantitative estimate of drug-likeness (QED) is 0.701. The average Bonchev–Trinajstić information content (AvgIpc) is 2.60. The monoisotopic (exact) mass is 464 g/mol. The van der Waals surface area contributed by atoms with E-state index in [0.29, 0.717) is 28.9 Å². The number of carbonyl (C=O) groups excluding carboxylic acids is 1. The number of nitrogens with zero attached hydrogens (tertiary/aromatic N) is 2. The number of rotatable bonds is 5. The molecule has 0 aromatic carbocycles. The summed E-state index contributed by atoms with van der Waals surface area (Å²) in [6.07, 6.45) is -0.824. The third kappa shape index (κ3) is 4.06. The molecule has 156 valence electrons. The summed E-state index contributed by atoms with van der Waals surface area (Å²) < 4.78 is 37.6. The van der Waals surface area contributed by atoms with Crippen LogP contribution in [0.15, 0.2) is 15.5 Å². The van der Waals surface area contributed by atoms with E-state index in [1.54, 1.807) is 5.32 Å². The Bertz CT molecular complexity index is 824. The number of alkyl halides is 3. The molecule has 1 amide bonds. The third-order valence-electron chi connectivity index (χ3n) is 6.46. The Morgan fingerprint density at radius 2 is 2.07 bits per heavy atom. The summed E-state index contributed by atoms with van der Waals surface area (Å²) in [6, 6.07) is 0.222. The van der Waals surface area contributed by atoms with Gasteiger partial charge in [-0.15, -0.1) is 0 Å². The maximum atomic E-state index is 12.4. The predicted molar refractivity (Wildman–Crippen MR) is 102 cm³/mol. The fourth-order valence-corrected chi connectivity index (χ4v) is 5.03. The molecular formula is C18H24BrF3N4O2. The first-order chi connectivity index (χ1) is 12.9. The number of hydrogen-bond acceptors (Lipinski definition) is 4. The van der Waals surface area contributed by atoms with E-state index in [9.17, 15) is 22.8 Å². The Labute approximate surface area is 169 Å². The SMILES string of the molecule is C[C@H]1[C@H](Nc2cnn(CC(=O)NCC(F)(F)F)c(=O)c2Br)C[C@H]2C[C@@H]1C2(C)C. The standard InChI is InChI=1S/C18H24BrF3N4O2/c1-9-11-4-10(17(11,2)3)5-12(9)25-13-6-24-26(16(28)15(13)19)7-14(27)23-8-18(20,21)22/h6,9-12,25H,4-5,7-8H2,1-3H3,(H,23,27)/t9-,10-,11+,12-/m1/s1. The lowest BCUT2D eigenvalue weighted by atomic mass is 9.45. The van der Waals surface area contributed by atoms with Crippen LogP contribution in [0.1, 0.15) is 33.6 Å². The Balaban J connectivity index is 1.66. The van der Waals surface area contributed by atoms with Gasteiger partial charge in [0, 0.05) is 6.04 Å². The molecule has 6 nitrogen and oxygen atoms in total. The maximum absolute atomic E-state index is 12.4. The molecule has 0 unspecified atom stereocenters. The summed E-state index contributed by atoms with van der Waals surface area (Å²) in [7, 11) is 0. The normalized spacial score (nSPS) is 28.4. The molecule has 2 bridgehead atoms. The van der Waals surface area contributed by atoms with Crippen LogP contribution in [0, 0.1) is 23.2 Å². The van der Waals surface area contributed by atoms with Crippen molar-refractivity contribution in [2.45, 2.75) is 52.4 Å². The molecular weight excluding hydrogens is 441 g/mol. The Kier molecular flexibility index (Phi) is 5.55. The number of halogens is 4. The minimum Gasteiger partial charge on any atom is -0.380 e. The van der Waals surface area contributed by atoms with Crippen molar-refractivity contribution in [2.24, 2.45) is 23.2 Å². The zero-order chi connectivity index (χ0) is 20.9. The second-order valence-electron chi connectivity index (χ2n) is 8.43. The van der Waals surface area contributed by atoms with E-state index in [4.69, 9.17) is 0 Å². The van der Waals surface area contributed by atoms with Gasteiger partial charge >= 0.3 is 6.18 Å². The lowest BCUT2D eigenvalue weighted by Gasteiger charge is -2.62. The smallest absolute Gasteiger partial charge is 0.380 e. The van der Waals surface area contributed by atoms with Crippen molar-refractivity contribution in [1.82, 2.24) is 15.1 Å². The molecule has 0 saturated heterocycles. The number of fused-ring (bicyclic) bond motifs is 2. The first-order valence-electron chi connectivity index (χ1n) is 9.25. The Hall–Kier alpha value is -1.58. The average molecular weight is 465 g/mol. The highest BCUT2D eigenvalue weighted by molar-refractivity contribution is 9.10. The molecule has 3 aliphatic carbocycles. The Morgan fingerprint density at radius 3 is 2.64 bits per heavy atom. The van der Waals surface area contributed by atoms with Crippen LogP contribution in [0.5, 0.6) is 0 Å². The van der Waals surface area contributed by atoms with Crippen molar-refractivity contribution < 1.29 is 18.0 Å². The second kappa shape index (κ2) is 7.35. The summed E-state index contributed by atoms with van der Waals surface area (Å²) in [4.78, 5) is 24.1. The first kappa shape index (κ1) is 21.1. The molecule has 3 aliphatic rings. The van der Waals surface area contributed by atoms with Crippen LogP contribution in [0.2, 0.25) is 0 Å². The van der Waals surface area contributed by atoms with Crippen LogP contribution in [0.25, 0.3) is 0 Å². The van der Waals surface area contributed by atoms with Gasteiger partial charge in [-0.25, -0.2) is 4.68 Å². The molecule has 0 spiro atoms. The van der Waals surface area contributed by atoms with E-state index in [-0.39, 0.29) is 10.5 Å². The third-order valence-corrected chi connectivity index (χ3v) is 7.23. The minimum absolute atomic E-state index is 0.219. The van der Waals surface area contributed by atoms with Gasteiger partial charge < -0.3 is 10.6 Å². The van der Waals surface area contributed by atoms with E-state index < -0.39 is 30.7 Å². The van der Waals surface area contributed by atoms with Gasteiger partial charge in [0.1, 0.15) is 17.6 Å². The van der Waals surface area contributed by atoms with Gasteiger partial charge in [-0.3, -0.25) is 9.59 Å². The van der Waals surface area contributed by atoms with Gasteiger partial charge in [0.25, 0.3) is 5.56 Å². The number of carbonyl (C=O) groups is 1. The van der Waals surface area contributed by atoms with Crippen molar-refractivity contribution in [3.05, 3.63) is 21.0 Å². The lowest BCUT2D eigenvalue weighted by Crippen LogP contribution is -2.58. The van der Waals surface area contributed by atoms with Crippen molar-refractivity contribution in [3.8, 4) is 0 Å². The highest BCUT2D eigenvalue weighted by atomic mass is 79.9. The molecule has 0 radical (unpaired) electrons. The van der Waals surface area contributed by atoms with Crippen LogP contribution in [-0.2, 0) is 11.3 Å². The number of anilines is 1.